The number of nitrogens with one attached hydrogen (secondary N) is 1. The molecule has 0 aliphatic heterocycles. The summed E-state index contributed by atoms with van der Waals surface area (Å²) in [4.78, 5) is 1.14. The molecule has 1 aromatic rings. The zero-order valence-electron chi connectivity index (χ0n) is 9.27. The van der Waals surface area contributed by atoms with Gasteiger partial charge in [-0.3, -0.25) is 0 Å². The van der Waals surface area contributed by atoms with Gasteiger partial charge < -0.3 is 10.4 Å². The minimum Gasteiger partial charge on any atom is -0.395 e. The number of thioether (sulfide) groups is 1. The van der Waals surface area contributed by atoms with Gasteiger partial charge in [0.1, 0.15) is 6.07 Å². The van der Waals surface area contributed by atoms with Gasteiger partial charge in [-0.1, -0.05) is 0 Å². The summed E-state index contributed by atoms with van der Waals surface area (Å²) in [6.45, 7) is 0.892. The molecule has 1 aromatic heterocycles. The fourth-order valence-corrected chi connectivity index (χ4v) is 2.58. The second-order valence-electron chi connectivity index (χ2n) is 3.46. The minimum atomic E-state index is 0.153. The van der Waals surface area contributed by atoms with Crippen LogP contribution in [0, 0.1) is 11.3 Å². The van der Waals surface area contributed by atoms with E-state index in [0.717, 1.165) is 23.6 Å². The number of aliphatic hydroxyl groups excluding tert-OH is 1. The predicted molar refractivity (Wildman–Crippen MR) is 69.7 cm³/mol. The summed E-state index contributed by atoms with van der Waals surface area (Å²) in [7, 11) is 0. The topological polar surface area (TPSA) is 56.0 Å². The first-order valence-electron chi connectivity index (χ1n) is 5.10. The van der Waals surface area contributed by atoms with E-state index in [1.807, 2.05) is 11.4 Å². The van der Waals surface area contributed by atoms with Gasteiger partial charge in [0, 0.05) is 22.8 Å². The summed E-state index contributed by atoms with van der Waals surface area (Å²) in [5.74, 6) is 1.05. The molecule has 0 aliphatic rings. The fourth-order valence-electron chi connectivity index (χ4n) is 1.29. The Kier molecular flexibility index (Phi) is 6.50. The molecule has 0 saturated carbocycles. The van der Waals surface area contributed by atoms with Gasteiger partial charge in [-0.15, -0.1) is 11.3 Å². The maximum absolute atomic E-state index is 9.16. The lowest BCUT2D eigenvalue weighted by atomic mass is 10.2. The van der Waals surface area contributed by atoms with Crippen LogP contribution >= 0.6 is 23.1 Å². The second-order valence-corrected chi connectivity index (χ2v) is 5.44. The number of thiophene rings is 1. The van der Waals surface area contributed by atoms with Gasteiger partial charge >= 0.3 is 0 Å². The van der Waals surface area contributed by atoms with Gasteiger partial charge in [0.05, 0.1) is 12.2 Å². The maximum Gasteiger partial charge on any atom is 0.100 e. The Balaban J connectivity index is 2.34. The van der Waals surface area contributed by atoms with E-state index >= 15 is 0 Å². The van der Waals surface area contributed by atoms with Crippen molar-refractivity contribution in [3.63, 3.8) is 0 Å². The van der Waals surface area contributed by atoms with Crippen LogP contribution in [0.4, 0.5) is 0 Å². The van der Waals surface area contributed by atoms with Gasteiger partial charge in [-0.05, 0) is 24.5 Å². The summed E-state index contributed by atoms with van der Waals surface area (Å²) >= 11 is 3.36. The highest BCUT2D eigenvalue weighted by Crippen LogP contribution is 2.13. The number of hydrogen-bond donors (Lipinski definition) is 2. The van der Waals surface area contributed by atoms with Crippen LogP contribution in [0.2, 0.25) is 0 Å². The quantitative estimate of drug-likeness (QED) is 0.781. The van der Waals surface area contributed by atoms with Gasteiger partial charge in [-0.25, -0.2) is 0 Å². The highest BCUT2D eigenvalue weighted by Gasteiger charge is 2.07. The minimum absolute atomic E-state index is 0.153. The molecule has 5 heteroatoms. The van der Waals surface area contributed by atoms with Crippen LogP contribution in [0.1, 0.15) is 16.9 Å². The van der Waals surface area contributed by atoms with Crippen molar-refractivity contribution >= 4 is 23.1 Å². The van der Waals surface area contributed by atoms with E-state index in [0.29, 0.717) is 5.56 Å². The van der Waals surface area contributed by atoms with Crippen LogP contribution in [0.25, 0.3) is 0 Å². The monoisotopic (exact) mass is 256 g/mol. The third-order valence-electron chi connectivity index (χ3n) is 2.24. The van der Waals surface area contributed by atoms with Crippen molar-refractivity contribution in [2.75, 3.05) is 18.6 Å². The van der Waals surface area contributed by atoms with Crippen molar-refractivity contribution in [2.45, 2.75) is 19.0 Å². The van der Waals surface area contributed by atoms with Crippen LogP contribution < -0.4 is 5.32 Å². The van der Waals surface area contributed by atoms with E-state index in [1.54, 1.807) is 23.1 Å². The first-order chi connectivity index (χ1) is 7.80. The van der Waals surface area contributed by atoms with E-state index in [1.165, 1.54) is 0 Å². The molecule has 0 spiro atoms. The zero-order chi connectivity index (χ0) is 11.8. The molecule has 0 amide bonds. The molecule has 1 unspecified atom stereocenters. The lowest BCUT2D eigenvalue weighted by Crippen LogP contribution is -2.32. The number of aliphatic hydroxyl groups is 1. The van der Waals surface area contributed by atoms with Crippen molar-refractivity contribution in [2.24, 2.45) is 0 Å². The second kappa shape index (κ2) is 7.69. The lowest BCUT2D eigenvalue weighted by Gasteiger charge is -2.14. The number of nitrogens with zero attached hydrogens (tertiary/aromatic N) is 1. The summed E-state index contributed by atoms with van der Waals surface area (Å²) < 4.78 is 0. The largest absolute Gasteiger partial charge is 0.395 e. The van der Waals surface area contributed by atoms with E-state index in [-0.39, 0.29) is 12.6 Å². The molecule has 0 radical (unpaired) electrons. The first-order valence-corrected chi connectivity index (χ1v) is 7.38. The van der Waals surface area contributed by atoms with E-state index in [9.17, 15) is 0 Å². The molecule has 1 rings (SSSR count). The summed E-state index contributed by atoms with van der Waals surface area (Å²) in [6.07, 6.45) is 3.03. The standard InChI is InChI=1S/C11H16N2OS2/c1-15-3-2-10(7-14)13-6-11-4-9(5-12)8-16-11/h4,8,10,13-14H,2-3,6-7H2,1H3. The SMILES string of the molecule is CSCCC(CO)NCc1cc(C#N)cs1. The number of rotatable bonds is 7. The van der Waals surface area contributed by atoms with Crippen LogP contribution in [-0.4, -0.2) is 29.8 Å². The van der Waals surface area contributed by atoms with Crippen molar-refractivity contribution in [3.8, 4) is 6.07 Å². The lowest BCUT2D eigenvalue weighted by molar-refractivity contribution is 0.239. The van der Waals surface area contributed by atoms with Crippen molar-refractivity contribution in [1.82, 2.24) is 5.32 Å². The Hall–Kier alpha value is -0.540. The molecule has 1 atom stereocenters. The zero-order valence-corrected chi connectivity index (χ0v) is 10.9. The molecule has 2 N–H and O–H groups in total. The average Bonchev–Trinajstić information content (AvgIpc) is 2.77. The fraction of sp³-hybridized carbons (Fsp3) is 0.545. The van der Waals surface area contributed by atoms with Gasteiger partial charge in [0.2, 0.25) is 0 Å². The van der Waals surface area contributed by atoms with Gasteiger partial charge in [0.15, 0.2) is 0 Å². The van der Waals surface area contributed by atoms with Crippen LogP contribution in [-0.2, 0) is 6.54 Å². The van der Waals surface area contributed by atoms with Crippen LogP contribution in [0.3, 0.4) is 0 Å². The van der Waals surface area contributed by atoms with Gasteiger partial charge in [-0.2, -0.15) is 17.0 Å². The molecule has 0 bridgehead atoms. The molecule has 16 heavy (non-hydrogen) atoms. The molecule has 0 aromatic carbocycles. The Morgan fingerprint density at radius 1 is 1.69 bits per heavy atom. The molecule has 0 saturated heterocycles. The molecular formula is C11H16N2OS2. The molecule has 88 valence electrons. The Morgan fingerprint density at radius 3 is 3.06 bits per heavy atom. The van der Waals surface area contributed by atoms with Crippen LogP contribution in [0.15, 0.2) is 11.4 Å². The third kappa shape index (κ3) is 4.54. The highest BCUT2D eigenvalue weighted by atomic mass is 32.2. The first kappa shape index (κ1) is 13.5. The summed E-state index contributed by atoms with van der Waals surface area (Å²) in [5, 5.41) is 23.0. The highest BCUT2D eigenvalue weighted by molar-refractivity contribution is 7.98. The van der Waals surface area contributed by atoms with Crippen LogP contribution in [0.5, 0.6) is 0 Å². The van der Waals surface area contributed by atoms with Crippen molar-refractivity contribution < 1.29 is 5.11 Å². The average molecular weight is 256 g/mol. The van der Waals surface area contributed by atoms with E-state index in [4.69, 9.17) is 10.4 Å². The van der Waals surface area contributed by atoms with Gasteiger partial charge in [0.25, 0.3) is 0 Å². The Bertz CT molecular complexity index is 346. The maximum atomic E-state index is 9.16. The smallest absolute Gasteiger partial charge is 0.100 e. The number of hydrogen-bond acceptors (Lipinski definition) is 5. The number of nitriles is 1. The molecular weight excluding hydrogens is 240 g/mol. The molecule has 0 fully saturated rings. The summed E-state index contributed by atoms with van der Waals surface area (Å²) in [6, 6.07) is 4.16. The predicted octanol–water partition coefficient (Wildman–Crippen LogP) is 1.82. The summed E-state index contributed by atoms with van der Waals surface area (Å²) in [5.41, 5.74) is 0.714. The van der Waals surface area contributed by atoms with E-state index < -0.39 is 0 Å². The Labute approximate surface area is 104 Å². The molecule has 1 heterocycles. The normalized spacial score (nSPS) is 12.3. The van der Waals surface area contributed by atoms with Crippen molar-refractivity contribution in [1.29, 1.82) is 5.26 Å². The third-order valence-corrected chi connectivity index (χ3v) is 3.82. The van der Waals surface area contributed by atoms with E-state index in [2.05, 4.69) is 17.6 Å². The Morgan fingerprint density at radius 2 is 2.50 bits per heavy atom. The molecule has 0 aliphatic carbocycles. The van der Waals surface area contributed by atoms with Crippen molar-refractivity contribution in [3.05, 3.63) is 21.9 Å². The molecule has 3 nitrogen and oxygen atoms in total.